The lowest BCUT2D eigenvalue weighted by molar-refractivity contribution is -0.123. The van der Waals surface area contributed by atoms with Gasteiger partial charge in [-0.25, -0.2) is 8.42 Å². The van der Waals surface area contributed by atoms with Crippen LogP contribution in [0.4, 0.5) is 0 Å². The molecule has 0 spiro atoms. The fourth-order valence-electron chi connectivity index (χ4n) is 4.14. The van der Waals surface area contributed by atoms with Crippen LogP contribution in [-0.4, -0.2) is 68.9 Å². The number of nitrogens with zero attached hydrogens (tertiary/aromatic N) is 2. The van der Waals surface area contributed by atoms with Gasteiger partial charge in [0, 0.05) is 32.2 Å². The van der Waals surface area contributed by atoms with Crippen molar-refractivity contribution in [2.75, 3.05) is 39.3 Å². The van der Waals surface area contributed by atoms with Crippen molar-refractivity contribution in [3.8, 4) is 5.75 Å². The van der Waals surface area contributed by atoms with E-state index in [1.165, 1.54) is 23.6 Å². The van der Waals surface area contributed by atoms with Gasteiger partial charge >= 0.3 is 0 Å². The van der Waals surface area contributed by atoms with Crippen molar-refractivity contribution >= 4 is 15.9 Å². The summed E-state index contributed by atoms with van der Waals surface area (Å²) in [7, 11) is -3.53. The fourth-order valence-corrected chi connectivity index (χ4v) is 5.56. The van der Waals surface area contributed by atoms with E-state index in [9.17, 15) is 13.2 Å². The van der Waals surface area contributed by atoms with Crippen LogP contribution >= 0.6 is 0 Å². The molecule has 0 unspecified atom stereocenters. The number of amides is 1. The largest absolute Gasteiger partial charge is 0.494 e. The highest BCUT2D eigenvalue weighted by Crippen LogP contribution is 2.24. The lowest BCUT2D eigenvalue weighted by atomic mass is 9.86. The Labute approximate surface area is 174 Å². The quantitative estimate of drug-likeness (QED) is 0.727. The standard InChI is InChI=1S/C21H33N3O4S/c1-3-28-18-8-10-19(11-9-18)29(26,27)24-14-12-23(13-15-24)16-21(25)22-20-7-5-4-6-17(20)2/h8-11,17,20H,3-7,12-16H2,1-2H3,(H,22,25)/t17-,20+/m1/s1. The normalized spacial score (nSPS) is 24.2. The number of hydrogen-bond donors (Lipinski definition) is 1. The number of hydrogen-bond acceptors (Lipinski definition) is 5. The van der Waals surface area contributed by atoms with Gasteiger partial charge in [-0.05, 0) is 49.9 Å². The molecular formula is C21H33N3O4S. The van der Waals surface area contributed by atoms with Crippen LogP contribution in [0, 0.1) is 5.92 Å². The first-order valence-electron chi connectivity index (χ1n) is 10.6. The first kappa shape index (κ1) is 22.1. The van der Waals surface area contributed by atoms with Crippen LogP contribution in [0.1, 0.15) is 39.5 Å². The smallest absolute Gasteiger partial charge is 0.243 e. The molecule has 29 heavy (non-hydrogen) atoms. The molecule has 1 aromatic carbocycles. The second-order valence-corrected chi connectivity index (χ2v) is 9.96. The zero-order chi connectivity index (χ0) is 20.9. The minimum absolute atomic E-state index is 0.0478. The van der Waals surface area contributed by atoms with Gasteiger partial charge in [0.15, 0.2) is 0 Å². The maximum atomic E-state index is 12.9. The number of piperazine rings is 1. The van der Waals surface area contributed by atoms with Crippen molar-refractivity contribution in [2.24, 2.45) is 5.92 Å². The predicted molar refractivity (Wildman–Crippen MR) is 112 cm³/mol. The van der Waals surface area contributed by atoms with E-state index in [1.54, 1.807) is 24.3 Å². The summed E-state index contributed by atoms with van der Waals surface area (Å²) in [6.45, 7) is 6.87. The van der Waals surface area contributed by atoms with Gasteiger partial charge in [-0.3, -0.25) is 9.69 Å². The molecule has 8 heteroatoms. The summed E-state index contributed by atoms with van der Waals surface area (Å²) in [4.78, 5) is 14.7. The average Bonchev–Trinajstić information content (AvgIpc) is 2.71. The fraction of sp³-hybridized carbons (Fsp3) is 0.667. The highest BCUT2D eigenvalue weighted by molar-refractivity contribution is 7.89. The Kier molecular flexibility index (Phi) is 7.54. The number of carbonyl (C=O) groups is 1. The van der Waals surface area contributed by atoms with E-state index >= 15 is 0 Å². The third-order valence-corrected chi connectivity index (χ3v) is 7.84. The molecule has 2 fully saturated rings. The summed E-state index contributed by atoms with van der Waals surface area (Å²) < 4.78 is 32.6. The molecule has 162 valence electrons. The number of carbonyl (C=O) groups excluding carboxylic acids is 1. The van der Waals surface area contributed by atoms with Crippen molar-refractivity contribution < 1.29 is 17.9 Å². The van der Waals surface area contributed by atoms with E-state index in [-0.39, 0.29) is 16.8 Å². The second-order valence-electron chi connectivity index (χ2n) is 8.02. The van der Waals surface area contributed by atoms with Crippen LogP contribution in [0.5, 0.6) is 5.75 Å². The summed E-state index contributed by atoms with van der Waals surface area (Å²) >= 11 is 0. The molecule has 1 N–H and O–H groups in total. The van der Waals surface area contributed by atoms with Gasteiger partial charge in [-0.1, -0.05) is 19.8 Å². The van der Waals surface area contributed by atoms with Crippen molar-refractivity contribution in [3.63, 3.8) is 0 Å². The third kappa shape index (κ3) is 5.71. The number of nitrogens with one attached hydrogen (secondary N) is 1. The van der Waals surface area contributed by atoms with Crippen molar-refractivity contribution in [2.45, 2.75) is 50.5 Å². The van der Waals surface area contributed by atoms with Crippen LogP contribution in [0.25, 0.3) is 0 Å². The first-order chi connectivity index (χ1) is 13.9. The molecule has 1 saturated carbocycles. The summed E-state index contributed by atoms with van der Waals surface area (Å²) in [6.07, 6.45) is 4.66. The van der Waals surface area contributed by atoms with E-state index in [0.717, 1.165) is 6.42 Å². The Morgan fingerprint density at radius 2 is 1.76 bits per heavy atom. The van der Waals surface area contributed by atoms with Crippen molar-refractivity contribution in [1.29, 1.82) is 0 Å². The third-order valence-electron chi connectivity index (χ3n) is 5.93. The summed E-state index contributed by atoms with van der Waals surface area (Å²) in [5.74, 6) is 1.24. The Morgan fingerprint density at radius 1 is 1.10 bits per heavy atom. The van der Waals surface area contributed by atoms with Gasteiger partial charge in [0.25, 0.3) is 0 Å². The molecule has 1 aliphatic carbocycles. The minimum atomic E-state index is -3.53. The Morgan fingerprint density at radius 3 is 2.38 bits per heavy atom. The number of rotatable bonds is 7. The van der Waals surface area contributed by atoms with Crippen molar-refractivity contribution in [3.05, 3.63) is 24.3 Å². The lowest BCUT2D eigenvalue weighted by Gasteiger charge is -2.34. The lowest BCUT2D eigenvalue weighted by Crippen LogP contribution is -2.52. The SMILES string of the molecule is CCOc1ccc(S(=O)(=O)N2CCN(CC(=O)N[C@H]3CCCC[C@H]3C)CC2)cc1. The molecule has 1 aromatic rings. The molecule has 2 aliphatic rings. The molecule has 0 aromatic heterocycles. The second kappa shape index (κ2) is 9.91. The van der Waals surface area contributed by atoms with E-state index in [2.05, 4.69) is 12.2 Å². The van der Waals surface area contributed by atoms with Gasteiger partial charge < -0.3 is 10.1 Å². The maximum absolute atomic E-state index is 12.9. The van der Waals surface area contributed by atoms with Crippen LogP contribution < -0.4 is 10.1 Å². The van der Waals surface area contributed by atoms with Crippen LogP contribution in [0.3, 0.4) is 0 Å². The molecule has 3 rings (SSSR count). The van der Waals surface area contributed by atoms with Gasteiger partial charge in [-0.2, -0.15) is 4.31 Å². The molecule has 1 heterocycles. The molecule has 2 atom stereocenters. The zero-order valence-corrected chi connectivity index (χ0v) is 18.3. The van der Waals surface area contributed by atoms with E-state index in [4.69, 9.17) is 4.74 Å². The molecule has 7 nitrogen and oxygen atoms in total. The number of sulfonamides is 1. The monoisotopic (exact) mass is 423 g/mol. The average molecular weight is 424 g/mol. The van der Waals surface area contributed by atoms with Crippen LogP contribution in [0.15, 0.2) is 29.2 Å². The van der Waals surface area contributed by atoms with Gasteiger partial charge in [0.2, 0.25) is 15.9 Å². The molecular weight excluding hydrogens is 390 g/mol. The van der Waals surface area contributed by atoms with E-state index < -0.39 is 10.0 Å². The number of ether oxygens (including phenoxy) is 1. The Balaban J connectivity index is 1.49. The summed E-state index contributed by atoms with van der Waals surface area (Å²) in [5.41, 5.74) is 0. The molecule has 0 radical (unpaired) electrons. The summed E-state index contributed by atoms with van der Waals surface area (Å²) in [6, 6.07) is 6.82. The topological polar surface area (TPSA) is 79.0 Å². The molecule has 1 amide bonds. The van der Waals surface area contributed by atoms with Gasteiger partial charge in [0.05, 0.1) is 18.0 Å². The zero-order valence-electron chi connectivity index (χ0n) is 17.5. The molecule has 0 bridgehead atoms. The predicted octanol–water partition coefficient (Wildman–Crippen LogP) is 2.09. The highest BCUT2D eigenvalue weighted by Gasteiger charge is 2.30. The Bertz CT molecular complexity index is 774. The van der Waals surface area contributed by atoms with Gasteiger partial charge in [-0.15, -0.1) is 0 Å². The van der Waals surface area contributed by atoms with Crippen molar-refractivity contribution in [1.82, 2.24) is 14.5 Å². The van der Waals surface area contributed by atoms with Crippen LogP contribution in [0.2, 0.25) is 0 Å². The van der Waals surface area contributed by atoms with Crippen LogP contribution in [-0.2, 0) is 14.8 Å². The molecule has 1 aliphatic heterocycles. The first-order valence-corrected chi connectivity index (χ1v) is 12.1. The van der Waals surface area contributed by atoms with E-state index in [0.29, 0.717) is 51.0 Å². The minimum Gasteiger partial charge on any atom is -0.494 e. The Hall–Kier alpha value is -1.64. The van der Waals surface area contributed by atoms with E-state index in [1.807, 2.05) is 11.8 Å². The maximum Gasteiger partial charge on any atom is 0.243 e. The highest BCUT2D eigenvalue weighted by atomic mass is 32.2. The number of benzene rings is 1. The van der Waals surface area contributed by atoms with Gasteiger partial charge in [0.1, 0.15) is 5.75 Å². The summed E-state index contributed by atoms with van der Waals surface area (Å²) in [5, 5.41) is 3.17. The molecule has 1 saturated heterocycles.